The summed E-state index contributed by atoms with van der Waals surface area (Å²) < 4.78 is 87.5. The molecule has 2 aliphatic heterocycles. The second kappa shape index (κ2) is 27.8. The molecule has 15 nitrogen and oxygen atoms in total. The van der Waals surface area contributed by atoms with Crippen LogP contribution in [-0.4, -0.2) is 161 Å². The zero-order chi connectivity index (χ0) is 56.9. The highest BCUT2D eigenvalue weighted by Gasteiger charge is 2.49. The molecule has 1 unspecified atom stereocenters. The van der Waals surface area contributed by atoms with Crippen LogP contribution in [0.15, 0.2) is 108 Å². The van der Waals surface area contributed by atoms with Gasteiger partial charge >= 0.3 is 12.1 Å². The van der Waals surface area contributed by atoms with Gasteiger partial charge in [0.2, 0.25) is 5.91 Å². The summed E-state index contributed by atoms with van der Waals surface area (Å²) in [7, 11) is 4.54. The van der Waals surface area contributed by atoms with E-state index in [0.29, 0.717) is 72.1 Å². The average Bonchev–Trinajstić information content (AvgIpc) is 3.89. The standard InChI is InChI=1S/C59H65BrClF4N7O8/c1-5-78-26-27-79-28-29-80-36-53(71-35-54(73)70(25-21-39-17-19-43(61)32-46(39)60)55(56(71)58(75)77-4)41-16-15-38-10-6-7-11-40(38)30-41)68-57(74)42-18-20-50(52(31-42)76-3)66-23-9-12-44-33-45-48(67-49-22-24-69(2)34-47(49)62)13-8-14-51(45)72(44)37-59(63,64)65/h6-8,10-11,13-20,30-33,47,49,53,55-56,66-67H,5,21-29,34-37H2,1-4H3,(H,68,74)/t47-,49+,53?,55+,56-/m0/s1. The largest absolute Gasteiger partial charge is 0.495 e. The summed E-state index contributed by atoms with van der Waals surface area (Å²) in [6, 6.07) is 27.7. The molecule has 0 bridgehead atoms. The van der Waals surface area contributed by atoms with Gasteiger partial charge in [-0.25, -0.2) is 4.39 Å². The number of piperidine rings is 1. The van der Waals surface area contributed by atoms with Crippen LogP contribution in [0.5, 0.6) is 5.75 Å². The van der Waals surface area contributed by atoms with Gasteiger partial charge in [0.25, 0.3) is 5.91 Å². The lowest BCUT2D eigenvalue weighted by atomic mass is 9.90. The molecule has 0 aliphatic carbocycles. The number of esters is 1. The second-order valence-electron chi connectivity index (χ2n) is 19.5. The van der Waals surface area contributed by atoms with Crippen LogP contribution in [0.2, 0.25) is 5.02 Å². The zero-order valence-corrected chi connectivity index (χ0v) is 47.3. The van der Waals surface area contributed by atoms with E-state index in [-0.39, 0.29) is 68.9 Å². The van der Waals surface area contributed by atoms with Gasteiger partial charge in [-0.3, -0.25) is 19.3 Å². The Bertz CT molecular complexity index is 3190. The predicted molar refractivity (Wildman–Crippen MR) is 304 cm³/mol. The molecule has 8 rings (SSSR count). The van der Waals surface area contributed by atoms with Crippen LogP contribution in [-0.2, 0) is 41.5 Å². The van der Waals surface area contributed by atoms with E-state index in [9.17, 15) is 27.6 Å². The van der Waals surface area contributed by atoms with Gasteiger partial charge in [-0.1, -0.05) is 82.0 Å². The van der Waals surface area contributed by atoms with Crippen LogP contribution < -0.4 is 20.7 Å². The van der Waals surface area contributed by atoms with E-state index < -0.39 is 55.1 Å². The fourth-order valence-corrected chi connectivity index (χ4v) is 11.1. The molecule has 3 N–H and O–H groups in total. The minimum Gasteiger partial charge on any atom is -0.495 e. The number of carbonyl (C=O) groups is 3. The van der Waals surface area contributed by atoms with Crippen molar-refractivity contribution in [2.75, 3.05) is 104 Å². The van der Waals surface area contributed by atoms with Crippen molar-refractivity contribution in [1.29, 1.82) is 0 Å². The van der Waals surface area contributed by atoms with Gasteiger partial charge in [0.05, 0.1) is 89.3 Å². The summed E-state index contributed by atoms with van der Waals surface area (Å²) in [5.41, 5.74) is 3.10. The Balaban J connectivity index is 1.05. The highest BCUT2D eigenvalue weighted by Crippen LogP contribution is 2.37. The van der Waals surface area contributed by atoms with Gasteiger partial charge in [0, 0.05) is 52.4 Å². The lowest BCUT2D eigenvalue weighted by Gasteiger charge is -2.48. The molecule has 2 saturated heterocycles. The Morgan fingerprint density at radius 1 is 0.900 bits per heavy atom. The van der Waals surface area contributed by atoms with Crippen LogP contribution in [0.25, 0.3) is 21.7 Å². The number of aromatic nitrogens is 1. The molecule has 0 saturated carbocycles. The molecule has 2 amide bonds. The third-order valence-corrected chi connectivity index (χ3v) is 15.1. The molecular formula is C59H65BrClF4N7O8. The third kappa shape index (κ3) is 15.1. The van der Waals surface area contributed by atoms with E-state index in [4.69, 9.17) is 35.3 Å². The number of carbonyl (C=O) groups excluding carboxylic acids is 3. The number of nitrogens with one attached hydrogen (secondary N) is 3. The number of ether oxygens (including phenoxy) is 5. The van der Waals surface area contributed by atoms with E-state index in [2.05, 4.69) is 43.7 Å². The highest BCUT2D eigenvalue weighted by molar-refractivity contribution is 9.10. The van der Waals surface area contributed by atoms with Crippen molar-refractivity contribution in [1.82, 2.24) is 24.6 Å². The maximum Gasteiger partial charge on any atom is 0.406 e. The highest BCUT2D eigenvalue weighted by atomic mass is 79.9. The molecule has 5 atom stereocenters. The Kier molecular flexibility index (Phi) is 20.8. The Labute approximate surface area is 476 Å². The molecule has 80 heavy (non-hydrogen) atoms. The van der Waals surface area contributed by atoms with Gasteiger partial charge in [0.1, 0.15) is 30.7 Å². The summed E-state index contributed by atoms with van der Waals surface area (Å²) >= 11 is 9.89. The normalized spacial score (nSPS) is 18.4. The number of rotatable bonds is 23. The topological polar surface area (TPSA) is 148 Å². The van der Waals surface area contributed by atoms with Gasteiger partial charge in [-0.15, -0.1) is 0 Å². The number of fused-ring (bicyclic) bond motifs is 2. The quantitative estimate of drug-likeness (QED) is 0.0243. The van der Waals surface area contributed by atoms with Crippen molar-refractivity contribution in [3.05, 3.63) is 135 Å². The molecule has 2 aliphatic rings. The first kappa shape index (κ1) is 59.7. The molecular weight excluding hydrogens is 1130 g/mol. The summed E-state index contributed by atoms with van der Waals surface area (Å²) in [6.45, 7) is 2.85. The van der Waals surface area contributed by atoms with E-state index in [1.54, 1.807) is 58.3 Å². The molecule has 5 aromatic carbocycles. The minimum absolute atomic E-state index is 0.0291. The molecule has 0 spiro atoms. The van der Waals surface area contributed by atoms with Gasteiger partial charge < -0.3 is 54.0 Å². The predicted octanol–water partition coefficient (Wildman–Crippen LogP) is 9.49. The van der Waals surface area contributed by atoms with Crippen molar-refractivity contribution in [2.24, 2.45) is 0 Å². The Morgan fingerprint density at radius 2 is 1.68 bits per heavy atom. The number of hydrogen-bond donors (Lipinski definition) is 3. The lowest BCUT2D eigenvalue weighted by Crippen LogP contribution is -2.67. The van der Waals surface area contributed by atoms with Crippen LogP contribution in [0.1, 0.15) is 46.6 Å². The van der Waals surface area contributed by atoms with Crippen molar-refractivity contribution < 1.29 is 55.6 Å². The maximum atomic E-state index is 15.1. The van der Waals surface area contributed by atoms with Crippen LogP contribution in [0, 0.1) is 11.8 Å². The summed E-state index contributed by atoms with van der Waals surface area (Å²) in [5, 5.41) is 12.3. The number of amides is 2. The SMILES string of the molecule is CCOCCOCCOCC(NC(=O)c1ccc(NCC#Cc2cc3c(N[C@@H]4CCN(C)C[C@@H]4F)cccc3n2CC(F)(F)F)c(OC)c1)N1CC(=O)N(CCc2ccc(Cl)cc2Br)[C@H](c2ccc3ccccc3c2)[C@H]1C(=O)OC. The van der Waals surface area contributed by atoms with Gasteiger partial charge in [-0.05, 0) is 109 Å². The summed E-state index contributed by atoms with van der Waals surface area (Å²) in [5.74, 6) is 4.54. The Hall–Kier alpha value is -6.44. The maximum absolute atomic E-state index is 15.1. The summed E-state index contributed by atoms with van der Waals surface area (Å²) in [4.78, 5) is 48.9. The van der Waals surface area contributed by atoms with Crippen LogP contribution >= 0.6 is 27.5 Å². The number of halogens is 6. The van der Waals surface area contributed by atoms with Crippen molar-refractivity contribution >= 4 is 78.4 Å². The number of hydrogen-bond acceptors (Lipinski definition) is 12. The smallest absolute Gasteiger partial charge is 0.406 e. The minimum atomic E-state index is -4.55. The van der Waals surface area contributed by atoms with Crippen molar-refractivity contribution in [2.45, 2.75) is 62.9 Å². The third-order valence-electron chi connectivity index (χ3n) is 14.2. The van der Waals surface area contributed by atoms with Crippen LogP contribution in [0.4, 0.5) is 28.9 Å². The number of nitrogens with zero attached hydrogens (tertiary/aromatic N) is 4. The number of anilines is 2. The first-order valence-corrected chi connectivity index (χ1v) is 27.5. The average molecular weight is 1190 g/mol. The molecule has 21 heteroatoms. The summed E-state index contributed by atoms with van der Waals surface area (Å²) in [6.07, 6.45) is -5.84. The van der Waals surface area contributed by atoms with Gasteiger partial charge in [0.15, 0.2) is 0 Å². The second-order valence-corrected chi connectivity index (χ2v) is 20.8. The van der Waals surface area contributed by atoms with Gasteiger partial charge in [-0.2, -0.15) is 13.2 Å². The molecule has 2 fully saturated rings. The number of benzene rings is 5. The van der Waals surface area contributed by atoms with E-state index in [1.165, 1.54) is 20.3 Å². The molecule has 426 valence electrons. The van der Waals surface area contributed by atoms with Crippen molar-refractivity contribution in [3.63, 3.8) is 0 Å². The Morgan fingerprint density at radius 3 is 2.41 bits per heavy atom. The first-order chi connectivity index (χ1) is 38.5. The van der Waals surface area contributed by atoms with E-state index >= 15 is 4.39 Å². The molecule has 0 radical (unpaired) electrons. The monoisotopic (exact) mass is 1190 g/mol. The molecule has 1 aromatic heterocycles. The number of likely N-dealkylation sites (tertiary alicyclic amines) is 1. The van der Waals surface area contributed by atoms with Crippen molar-refractivity contribution in [3.8, 4) is 17.6 Å². The molecule has 6 aromatic rings. The fourth-order valence-electron chi connectivity index (χ4n) is 10.2. The number of piperazine rings is 1. The van der Waals surface area contributed by atoms with Crippen LogP contribution in [0.3, 0.4) is 0 Å². The lowest BCUT2D eigenvalue weighted by molar-refractivity contribution is -0.164. The fraction of sp³-hybridized carbons (Fsp3) is 0.407. The van der Waals surface area contributed by atoms with E-state index in [1.807, 2.05) is 67.4 Å². The first-order valence-electron chi connectivity index (χ1n) is 26.3. The number of methoxy groups -OCH3 is 2. The zero-order valence-electron chi connectivity index (χ0n) is 44.9. The molecule has 3 heterocycles. The number of alkyl halides is 4. The van der Waals surface area contributed by atoms with E-state index in [0.717, 1.165) is 25.4 Å².